The molecule has 0 atom stereocenters. The Bertz CT molecular complexity index is 428. The van der Waals surface area contributed by atoms with Crippen molar-refractivity contribution in [3.8, 4) is 0 Å². The summed E-state index contributed by atoms with van der Waals surface area (Å²) >= 11 is 0. The van der Waals surface area contributed by atoms with E-state index in [9.17, 15) is 10.1 Å². The maximum Gasteiger partial charge on any atom is 0.292 e. The second kappa shape index (κ2) is 6.52. The molecule has 1 aliphatic rings. The minimum absolute atomic E-state index is 0.219. The maximum atomic E-state index is 11.0. The number of hydrogen-bond donors (Lipinski definition) is 1. The Morgan fingerprint density at radius 1 is 1.37 bits per heavy atom. The lowest BCUT2D eigenvalue weighted by molar-refractivity contribution is -0.384. The minimum Gasteiger partial charge on any atom is -0.366 e. The van der Waals surface area contributed by atoms with Gasteiger partial charge in [0, 0.05) is 19.2 Å². The standard InChI is InChI=1S/C14H21N3O2/c1-15-9-6-12-7-10-16(11-8-12)13-4-2-3-5-14(13)17(18)19/h2-5,12,15H,6-11H2,1H3. The summed E-state index contributed by atoms with van der Waals surface area (Å²) in [6.07, 6.45) is 3.43. The molecular formula is C14H21N3O2. The monoisotopic (exact) mass is 263 g/mol. The lowest BCUT2D eigenvalue weighted by Gasteiger charge is -2.33. The lowest BCUT2D eigenvalue weighted by atomic mass is 9.93. The van der Waals surface area contributed by atoms with E-state index in [1.807, 2.05) is 19.2 Å². The van der Waals surface area contributed by atoms with Gasteiger partial charge in [-0.2, -0.15) is 0 Å². The average Bonchev–Trinajstić information content (AvgIpc) is 2.45. The van der Waals surface area contributed by atoms with Gasteiger partial charge in [-0.3, -0.25) is 10.1 Å². The quantitative estimate of drug-likeness (QED) is 0.654. The molecule has 5 heteroatoms. The minimum atomic E-state index is -0.289. The van der Waals surface area contributed by atoms with E-state index in [0.29, 0.717) is 0 Å². The molecule has 0 radical (unpaired) electrons. The fraction of sp³-hybridized carbons (Fsp3) is 0.571. The van der Waals surface area contributed by atoms with Gasteiger partial charge < -0.3 is 10.2 Å². The highest BCUT2D eigenvalue weighted by Gasteiger charge is 2.23. The van der Waals surface area contributed by atoms with Gasteiger partial charge in [0.25, 0.3) is 5.69 Å². The summed E-state index contributed by atoms with van der Waals surface area (Å²) in [5.74, 6) is 0.742. The summed E-state index contributed by atoms with van der Waals surface area (Å²) in [6.45, 7) is 2.88. The number of benzene rings is 1. The highest BCUT2D eigenvalue weighted by atomic mass is 16.6. The number of para-hydroxylation sites is 2. The molecule has 0 spiro atoms. The van der Waals surface area contributed by atoms with E-state index in [2.05, 4.69) is 10.2 Å². The molecule has 5 nitrogen and oxygen atoms in total. The van der Waals surface area contributed by atoms with Crippen LogP contribution in [0.2, 0.25) is 0 Å². The topological polar surface area (TPSA) is 58.4 Å². The first kappa shape index (κ1) is 13.8. The number of hydrogen-bond acceptors (Lipinski definition) is 4. The molecule has 1 aromatic rings. The summed E-state index contributed by atoms with van der Waals surface area (Å²) in [4.78, 5) is 12.9. The van der Waals surface area contributed by atoms with Gasteiger partial charge >= 0.3 is 0 Å². The van der Waals surface area contributed by atoms with Crippen LogP contribution in [0.5, 0.6) is 0 Å². The third-order valence-corrected chi connectivity index (χ3v) is 3.84. The van der Waals surface area contributed by atoms with Crippen LogP contribution >= 0.6 is 0 Å². The van der Waals surface area contributed by atoms with Crippen molar-refractivity contribution >= 4 is 11.4 Å². The zero-order chi connectivity index (χ0) is 13.7. The van der Waals surface area contributed by atoms with Crippen molar-refractivity contribution in [1.82, 2.24) is 5.32 Å². The molecule has 0 saturated carbocycles. The molecule has 0 unspecified atom stereocenters. The van der Waals surface area contributed by atoms with Crippen LogP contribution in [0, 0.1) is 16.0 Å². The summed E-state index contributed by atoms with van der Waals surface area (Å²) in [5, 5.41) is 14.2. The molecule has 104 valence electrons. The zero-order valence-electron chi connectivity index (χ0n) is 11.3. The van der Waals surface area contributed by atoms with E-state index in [-0.39, 0.29) is 10.6 Å². The third-order valence-electron chi connectivity index (χ3n) is 3.84. The molecule has 0 bridgehead atoms. The molecule has 19 heavy (non-hydrogen) atoms. The number of piperidine rings is 1. The molecule has 1 aromatic carbocycles. The molecule has 1 heterocycles. The van der Waals surface area contributed by atoms with Crippen LogP contribution in [-0.4, -0.2) is 31.6 Å². The lowest BCUT2D eigenvalue weighted by Crippen LogP contribution is -2.34. The molecule has 2 rings (SSSR count). The fourth-order valence-electron chi connectivity index (χ4n) is 2.70. The van der Waals surface area contributed by atoms with Gasteiger partial charge in [0.15, 0.2) is 0 Å². The second-order valence-corrected chi connectivity index (χ2v) is 5.07. The average molecular weight is 263 g/mol. The molecule has 1 fully saturated rings. The second-order valence-electron chi connectivity index (χ2n) is 5.07. The molecule has 0 aliphatic carbocycles. The highest BCUT2D eigenvalue weighted by molar-refractivity contribution is 5.63. The van der Waals surface area contributed by atoms with Gasteiger partial charge in [-0.05, 0) is 44.8 Å². The van der Waals surface area contributed by atoms with Crippen molar-refractivity contribution in [3.63, 3.8) is 0 Å². The summed E-state index contributed by atoms with van der Waals surface area (Å²) in [6, 6.07) is 7.03. The Kier molecular flexibility index (Phi) is 4.74. The normalized spacial score (nSPS) is 16.6. The maximum absolute atomic E-state index is 11.0. The van der Waals surface area contributed by atoms with Gasteiger partial charge in [-0.15, -0.1) is 0 Å². The van der Waals surface area contributed by atoms with Gasteiger partial charge in [0.2, 0.25) is 0 Å². The fourth-order valence-corrected chi connectivity index (χ4v) is 2.70. The molecule has 1 aliphatic heterocycles. The van der Waals surface area contributed by atoms with Crippen LogP contribution in [0.3, 0.4) is 0 Å². The van der Waals surface area contributed by atoms with Crippen molar-refractivity contribution in [2.24, 2.45) is 5.92 Å². The van der Waals surface area contributed by atoms with Crippen LogP contribution in [-0.2, 0) is 0 Å². The molecular weight excluding hydrogens is 242 g/mol. The third kappa shape index (κ3) is 3.44. The number of nitrogens with zero attached hydrogens (tertiary/aromatic N) is 2. The summed E-state index contributed by atoms with van der Waals surface area (Å²) in [7, 11) is 1.97. The first-order valence-electron chi connectivity index (χ1n) is 6.85. The molecule has 1 N–H and O–H groups in total. The Labute approximate surface area is 113 Å². The van der Waals surface area contributed by atoms with Crippen molar-refractivity contribution in [2.45, 2.75) is 19.3 Å². The Hall–Kier alpha value is -1.62. The Morgan fingerprint density at radius 3 is 2.68 bits per heavy atom. The van der Waals surface area contributed by atoms with Gasteiger partial charge in [-0.25, -0.2) is 0 Å². The number of nitro benzene ring substituents is 1. The van der Waals surface area contributed by atoms with Gasteiger partial charge in [0.05, 0.1) is 4.92 Å². The van der Waals surface area contributed by atoms with Crippen molar-refractivity contribution in [2.75, 3.05) is 31.6 Å². The number of anilines is 1. The van der Waals surface area contributed by atoms with E-state index in [4.69, 9.17) is 0 Å². The van der Waals surface area contributed by atoms with E-state index < -0.39 is 0 Å². The first-order chi connectivity index (χ1) is 9.22. The van der Waals surface area contributed by atoms with E-state index >= 15 is 0 Å². The van der Waals surface area contributed by atoms with Crippen LogP contribution in [0.25, 0.3) is 0 Å². The smallest absolute Gasteiger partial charge is 0.292 e. The van der Waals surface area contributed by atoms with Gasteiger partial charge in [-0.1, -0.05) is 12.1 Å². The highest BCUT2D eigenvalue weighted by Crippen LogP contribution is 2.31. The number of rotatable bonds is 5. The van der Waals surface area contributed by atoms with E-state index in [1.54, 1.807) is 12.1 Å². The van der Waals surface area contributed by atoms with Crippen LogP contribution < -0.4 is 10.2 Å². The Morgan fingerprint density at radius 2 is 2.05 bits per heavy atom. The van der Waals surface area contributed by atoms with Crippen molar-refractivity contribution in [1.29, 1.82) is 0 Å². The Balaban J connectivity index is 2.00. The van der Waals surface area contributed by atoms with Crippen LogP contribution in [0.15, 0.2) is 24.3 Å². The molecule has 1 saturated heterocycles. The number of nitrogens with one attached hydrogen (secondary N) is 1. The summed E-state index contributed by atoms with van der Waals surface area (Å²) in [5.41, 5.74) is 0.982. The van der Waals surface area contributed by atoms with Crippen molar-refractivity contribution in [3.05, 3.63) is 34.4 Å². The number of nitro groups is 1. The SMILES string of the molecule is CNCCC1CCN(c2ccccc2[N+](=O)[O-])CC1. The predicted octanol–water partition coefficient (Wildman–Crippen LogP) is 2.42. The van der Waals surface area contributed by atoms with Crippen molar-refractivity contribution < 1.29 is 4.92 Å². The zero-order valence-corrected chi connectivity index (χ0v) is 11.3. The predicted molar refractivity (Wildman–Crippen MR) is 76.6 cm³/mol. The first-order valence-corrected chi connectivity index (χ1v) is 6.85. The van der Waals surface area contributed by atoms with Crippen LogP contribution in [0.1, 0.15) is 19.3 Å². The van der Waals surface area contributed by atoms with Gasteiger partial charge in [0.1, 0.15) is 5.69 Å². The summed E-state index contributed by atoms with van der Waals surface area (Å²) < 4.78 is 0. The van der Waals surface area contributed by atoms with E-state index in [1.165, 1.54) is 6.42 Å². The molecule has 0 aromatic heterocycles. The van der Waals surface area contributed by atoms with E-state index in [0.717, 1.165) is 44.1 Å². The molecule has 0 amide bonds. The largest absolute Gasteiger partial charge is 0.366 e. The van der Waals surface area contributed by atoms with Crippen LogP contribution in [0.4, 0.5) is 11.4 Å².